The van der Waals surface area contributed by atoms with E-state index in [0.717, 1.165) is 30.4 Å². The molecule has 0 heterocycles. The fraction of sp³-hybridized carbons (Fsp3) is 0.308. The Hall–Kier alpha value is -1.95. The number of rotatable bonds is 2. The van der Waals surface area contributed by atoms with E-state index in [1.54, 1.807) is 0 Å². The SMILES string of the molecule is C#Cc1ccc(C2(NC(=O)O)CCC2)cc1. The Morgan fingerprint density at radius 1 is 1.38 bits per heavy atom. The summed E-state index contributed by atoms with van der Waals surface area (Å²) in [7, 11) is 0. The maximum Gasteiger partial charge on any atom is 0.405 e. The topological polar surface area (TPSA) is 49.3 Å². The van der Waals surface area contributed by atoms with Crippen molar-refractivity contribution in [2.45, 2.75) is 24.8 Å². The van der Waals surface area contributed by atoms with Crippen LogP contribution in [0.25, 0.3) is 0 Å². The molecule has 1 aromatic rings. The molecule has 82 valence electrons. The van der Waals surface area contributed by atoms with Gasteiger partial charge in [0, 0.05) is 5.56 Å². The van der Waals surface area contributed by atoms with E-state index < -0.39 is 6.09 Å². The van der Waals surface area contributed by atoms with Crippen molar-refractivity contribution >= 4 is 6.09 Å². The standard InChI is InChI=1S/C13H13NO2/c1-2-10-4-6-11(7-5-10)13(8-3-9-13)14-12(15)16/h1,4-7,14H,3,8-9H2,(H,15,16). The van der Waals surface area contributed by atoms with E-state index in [4.69, 9.17) is 11.5 Å². The molecule has 0 atom stereocenters. The lowest BCUT2D eigenvalue weighted by Gasteiger charge is -2.42. The molecule has 1 amide bonds. The van der Waals surface area contributed by atoms with Crippen LogP contribution >= 0.6 is 0 Å². The van der Waals surface area contributed by atoms with Crippen molar-refractivity contribution in [2.24, 2.45) is 0 Å². The van der Waals surface area contributed by atoms with Gasteiger partial charge in [-0.05, 0) is 37.0 Å². The molecule has 1 fully saturated rings. The Morgan fingerprint density at radius 3 is 2.38 bits per heavy atom. The van der Waals surface area contributed by atoms with Gasteiger partial charge in [-0.2, -0.15) is 0 Å². The molecule has 1 aromatic carbocycles. The van der Waals surface area contributed by atoms with Gasteiger partial charge in [-0.25, -0.2) is 4.79 Å². The van der Waals surface area contributed by atoms with Crippen LogP contribution in [0.3, 0.4) is 0 Å². The van der Waals surface area contributed by atoms with Gasteiger partial charge in [0.05, 0.1) is 5.54 Å². The predicted molar refractivity (Wildman–Crippen MR) is 61.1 cm³/mol. The molecule has 16 heavy (non-hydrogen) atoms. The van der Waals surface area contributed by atoms with E-state index >= 15 is 0 Å². The average molecular weight is 215 g/mol. The first-order valence-corrected chi connectivity index (χ1v) is 5.24. The molecular formula is C13H13NO2. The van der Waals surface area contributed by atoms with E-state index in [9.17, 15) is 4.79 Å². The zero-order chi connectivity index (χ0) is 11.6. The number of benzene rings is 1. The highest BCUT2D eigenvalue weighted by Gasteiger charge is 2.39. The normalized spacial score (nSPS) is 16.9. The molecule has 2 rings (SSSR count). The molecule has 0 saturated heterocycles. The molecule has 3 heteroatoms. The molecule has 0 aliphatic heterocycles. The zero-order valence-electron chi connectivity index (χ0n) is 8.86. The summed E-state index contributed by atoms with van der Waals surface area (Å²) in [5.41, 5.74) is 1.42. The summed E-state index contributed by atoms with van der Waals surface area (Å²) in [5.74, 6) is 2.55. The van der Waals surface area contributed by atoms with Crippen LogP contribution in [0.2, 0.25) is 0 Å². The Kier molecular flexibility index (Phi) is 2.57. The van der Waals surface area contributed by atoms with Gasteiger partial charge in [-0.1, -0.05) is 18.1 Å². The number of nitrogens with one attached hydrogen (secondary N) is 1. The van der Waals surface area contributed by atoms with Crippen molar-refractivity contribution in [3.8, 4) is 12.3 Å². The number of hydrogen-bond acceptors (Lipinski definition) is 1. The average Bonchev–Trinajstić information content (AvgIpc) is 2.23. The second-order valence-electron chi connectivity index (χ2n) is 4.09. The molecule has 3 nitrogen and oxygen atoms in total. The van der Waals surface area contributed by atoms with Crippen molar-refractivity contribution in [1.29, 1.82) is 0 Å². The molecule has 1 aliphatic rings. The maximum atomic E-state index is 10.8. The van der Waals surface area contributed by atoms with Gasteiger partial charge >= 0.3 is 6.09 Å². The van der Waals surface area contributed by atoms with Crippen LogP contribution in [0.15, 0.2) is 24.3 Å². The number of carbonyl (C=O) groups is 1. The first kappa shape index (κ1) is 10.6. The van der Waals surface area contributed by atoms with Gasteiger partial charge < -0.3 is 10.4 Å². The molecule has 0 aromatic heterocycles. The predicted octanol–water partition coefficient (Wildman–Crippen LogP) is 2.31. The van der Waals surface area contributed by atoms with Crippen molar-refractivity contribution in [2.75, 3.05) is 0 Å². The lowest BCUT2D eigenvalue weighted by molar-refractivity contribution is 0.144. The van der Waals surface area contributed by atoms with Gasteiger partial charge in [0.25, 0.3) is 0 Å². The quantitative estimate of drug-likeness (QED) is 0.744. The summed E-state index contributed by atoms with van der Waals surface area (Å²) >= 11 is 0. The van der Waals surface area contributed by atoms with Gasteiger partial charge in [0.2, 0.25) is 0 Å². The summed E-state index contributed by atoms with van der Waals surface area (Å²) in [4.78, 5) is 10.8. The summed E-state index contributed by atoms with van der Waals surface area (Å²) in [6, 6.07) is 7.51. The molecule has 2 N–H and O–H groups in total. The highest BCUT2D eigenvalue weighted by atomic mass is 16.4. The van der Waals surface area contributed by atoms with Crippen LogP contribution in [-0.2, 0) is 5.54 Å². The first-order valence-electron chi connectivity index (χ1n) is 5.24. The lowest BCUT2D eigenvalue weighted by Crippen LogP contribution is -2.50. The van der Waals surface area contributed by atoms with Crippen LogP contribution in [0, 0.1) is 12.3 Å². The van der Waals surface area contributed by atoms with Crippen LogP contribution in [0.1, 0.15) is 30.4 Å². The van der Waals surface area contributed by atoms with Crippen LogP contribution in [-0.4, -0.2) is 11.2 Å². The van der Waals surface area contributed by atoms with E-state index in [0.29, 0.717) is 0 Å². The summed E-state index contributed by atoms with van der Waals surface area (Å²) in [6.45, 7) is 0. The van der Waals surface area contributed by atoms with Gasteiger partial charge in [-0.15, -0.1) is 6.42 Å². The number of amides is 1. The molecule has 0 bridgehead atoms. The molecular weight excluding hydrogens is 202 g/mol. The minimum Gasteiger partial charge on any atom is -0.465 e. The fourth-order valence-electron chi connectivity index (χ4n) is 2.11. The second kappa shape index (κ2) is 3.90. The minimum atomic E-state index is -0.972. The summed E-state index contributed by atoms with van der Waals surface area (Å²) in [6.07, 6.45) is 7.07. The molecule has 1 aliphatic carbocycles. The largest absolute Gasteiger partial charge is 0.465 e. The molecule has 0 unspecified atom stereocenters. The van der Waals surface area contributed by atoms with E-state index in [-0.39, 0.29) is 5.54 Å². The first-order chi connectivity index (χ1) is 7.66. The molecule has 0 spiro atoms. The Labute approximate surface area is 94.5 Å². The maximum absolute atomic E-state index is 10.8. The molecule has 0 radical (unpaired) electrons. The third-order valence-corrected chi connectivity index (χ3v) is 3.16. The van der Waals surface area contributed by atoms with E-state index in [1.807, 2.05) is 24.3 Å². The van der Waals surface area contributed by atoms with Crippen molar-refractivity contribution in [3.63, 3.8) is 0 Å². The zero-order valence-corrected chi connectivity index (χ0v) is 8.86. The number of terminal acetylenes is 1. The minimum absolute atomic E-state index is 0.390. The monoisotopic (exact) mass is 215 g/mol. The third-order valence-electron chi connectivity index (χ3n) is 3.16. The summed E-state index contributed by atoms with van der Waals surface area (Å²) < 4.78 is 0. The number of carboxylic acid groups (broad SMARTS) is 1. The summed E-state index contributed by atoms with van der Waals surface area (Å²) in [5, 5.41) is 11.4. The number of hydrogen-bond donors (Lipinski definition) is 2. The van der Waals surface area contributed by atoms with Crippen molar-refractivity contribution in [1.82, 2.24) is 5.32 Å². The van der Waals surface area contributed by atoms with E-state index in [2.05, 4.69) is 11.2 Å². The highest BCUT2D eigenvalue weighted by molar-refractivity contribution is 5.66. The van der Waals surface area contributed by atoms with Crippen LogP contribution < -0.4 is 5.32 Å². The Balaban J connectivity index is 2.27. The third kappa shape index (κ3) is 1.74. The van der Waals surface area contributed by atoms with Crippen LogP contribution in [0.4, 0.5) is 4.79 Å². The van der Waals surface area contributed by atoms with Crippen molar-refractivity contribution in [3.05, 3.63) is 35.4 Å². The lowest BCUT2D eigenvalue weighted by atomic mass is 9.72. The van der Waals surface area contributed by atoms with Gasteiger partial charge in [-0.3, -0.25) is 0 Å². The van der Waals surface area contributed by atoms with Crippen LogP contribution in [0.5, 0.6) is 0 Å². The smallest absolute Gasteiger partial charge is 0.405 e. The van der Waals surface area contributed by atoms with Crippen molar-refractivity contribution < 1.29 is 9.90 Å². The Bertz CT molecular complexity index is 438. The Morgan fingerprint density at radius 2 is 2.00 bits per heavy atom. The second-order valence-corrected chi connectivity index (χ2v) is 4.09. The van der Waals surface area contributed by atoms with Gasteiger partial charge in [0.1, 0.15) is 0 Å². The van der Waals surface area contributed by atoms with E-state index in [1.165, 1.54) is 0 Å². The fourth-order valence-corrected chi connectivity index (χ4v) is 2.11. The van der Waals surface area contributed by atoms with Gasteiger partial charge in [0.15, 0.2) is 0 Å². The molecule has 1 saturated carbocycles. The highest BCUT2D eigenvalue weighted by Crippen LogP contribution is 2.41.